The average molecular weight is 184 g/mol. The van der Waals surface area contributed by atoms with Gasteiger partial charge in [-0.3, -0.25) is 4.79 Å². The van der Waals surface area contributed by atoms with Crippen LogP contribution in [0.4, 0.5) is 0 Å². The number of carbonyl (C=O) groups excluding carboxylic acids is 1. The van der Waals surface area contributed by atoms with Gasteiger partial charge >= 0.3 is 0 Å². The molecule has 0 amide bonds. The third kappa shape index (κ3) is 4.23. The Morgan fingerprint density at radius 3 is 2.15 bits per heavy atom. The molecule has 0 radical (unpaired) electrons. The monoisotopic (exact) mass is 184 g/mol. The van der Waals surface area contributed by atoms with E-state index in [-0.39, 0.29) is 11.7 Å². The molecule has 0 bridgehead atoms. The Labute approximate surface area is 80.7 Å². The molecule has 1 N–H and O–H groups in total. The maximum Gasteiger partial charge on any atom is 0.165 e. The van der Waals surface area contributed by atoms with E-state index in [0.717, 1.165) is 18.4 Å². The summed E-state index contributed by atoms with van der Waals surface area (Å²) in [7, 11) is 0. The summed E-state index contributed by atoms with van der Waals surface area (Å²) >= 11 is 0. The Morgan fingerprint density at radius 2 is 1.85 bits per heavy atom. The van der Waals surface area contributed by atoms with Crippen LogP contribution in [0.2, 0.25) is 0 Å². The van der Waals surface area contributed by atoms with E-state index in [1.54, 1.807) is 6.92 Å². The van der Waals surface area contributed by atoms with Crippen molar-refractivity contribution < 1.29 is 9.90 Å². The molecule has 2 nitrogen and oxygen atoms in total. The minimum Gasteiger partial charge on any atom is -0.385 e. The maximum atomic E-state index is 11.4. The van der Waals surface area contributed by atoms with Gasteiger partial charge in [-0.05, 0) is 12.8 Å². The molecule has 1 unspecified atom stereocenters. The van der Waals surface area contributed by atoms with Crippen molar-refractivity contribution in [1.82, 2.24) is 0 Å². The Morgan fingerprint density at radius 1 is 1.38 bits per heavy atom. The zero-order chi connectivity index (χ0) is 10.4. The van der Waals surface area contributed by atoms with E-state index < -0.39 is 6.10 Å². The zero-order valence-electron chi connectivity index (χ0n) is 8.84. The van der Waals surface area contributed by atoms with Crippen LogP contribution < -0.4 is 0 Å². The molecule has 0 heterocycles. The van der Waals surface area contributed by atoms with Gasteiger partial charge < -0.3 is 5.11 Å². The van der Waals surface area contributed by atoms with E-state index in [1.807, 2.05) is 13.8 Å². The van der Waals surface area contributed by atoms with E-state index in [9.17, 15) is 9.90 Å². The second-order valence-corrected chi connectivity index (χ2v) is 3.62. The summed E-state index contributed by atoms with van der Waals surface area (Å²) in [6.07, 6.45) is 1.20. The highest BCUT2D eigenvalue weighted by atomic mass is 16.3. The van der Waals surface area contributed by atoms with Crippen molar-refractivity contribution in [2.45, 2.75) is 46.1 Å². The third-order valence-electron chi connectivity index (χ3n) is 2.30. The van der Waals surface area contributed by atoms with Crippen LogP contribution in [-0.2, 0) is 4.79 Å². The smallest absolute Gasteiger partial charge is 0.165 e. The van der Waals surface area contributed by atoms with Gasteiger partial charge in [-0.1, -0.05) is 38.8 Å². The van der Waals surface area contributed by atoms with Crippen molar-refractivity contribution in [3.05, 3.63) is 12.2 Å². The van der Waals surface area contributed by atoms with Crippen LogP contribution in [0.3, 0.4) is 0 Å². The summed E-state index contributed by atoms with van der Waals surface area (Å²) in [5.74, 6) is 0.00745. The lowest BCUT2D eigenvalue weighted by atomic mass is 9.91. The molecule has 2 heteroatoms. The standard InChI is InChI=1S/C11H20O2/c1-5-9(6-2)11(13)10(12)7-8(3)4/h9,11,13H,3,5-7H2,1-2,4H3. The number of Topliss-reactive ketones (excluding diaryl/α,β-unsaturated/α-hetero) is 1. The maximum absolute atomic E-state index is 11.4. The number of hydrogen-bond acceptors (Lipinski definition) is 2. The van der Waals surface area contributed by atoms with Gasteiger partial charge in [-0.25, -0.2) is 0 Å². The van der Waals surface area contributed by atoms with Crippen LogP contribution in [0.1, 0.15) is 40.0 Å². The van der Waals surface area contributed by atoms with Crippen LogP contribution in [0.5, 0.6) is 0 Å². The third-order valence-corrected chi connectivity index (χ3v) is 2.30. The lowest BCUT2D eigenvalue weighted by Crippen LogP contribution is -2.28. The number of aliphatic hydroxyl groups is 1. The van der Waals surface area contributed by atoms with Crippen molar-refractivity contribution in [2.24, 2.45) is 5.92 Å². The van der Waals surface area contributed by atoms with Gasteiger partial charge in [0, 0.05) is 6.42 Å². The van der Waals surface area contributed by atoms with Gasteiger partial charge in [0.2, 0.25) is 0 Å². The van der Waals surface area contributed by atoms with E-state index in [1.165, 1.54) is 0 Å². The van der Waals surface area contributed by atoms with Crippen molar-refractivity contribution in [3.63, 3.8) is 0 Å². The summed E-state index contributed by atoms with van der Waals surface area (Å²) in [5, 5.41) is 9.64. The molecule has 0 saturated heterocycles. The molecule has 0 aliphatic rings. The molecular weight excluding hydrogens is 164 g/mol. The number of rotatable bonds is 6. The lowest BCUT2D eigenvalue weighted by molar-refractivity contribution is -0.129. The minimum atomic E-state index is -0.799. The van der Waals surface area contributed by atoms with Gasteiger partial charge in [-0.15, -0.1) is 0 Å². The van der Waals surface area contributed by atoms with Crippen LogP contribution in [0.15, 0.2) is 12.2 Å². The predicted octanol–water partition coefficient (Wildman–Crippen LogP) is 2.32. The molecule has 0 aromatic heterocycles. The summed E-state index contributed by atoms with van der Waals surface area (Å²) in [5.41, 5.74) is 0.815. The summed E-state index contributed by atoms with van der Waals surface area (Å²) in [6.45, 7) is 9.44. The number of allylic oxidation sites excluding steroid dienone is 1. The normalized spacial score (nSPS) is 13.0. The second-order valence-electron chi connectivity index (χ2n) is 3.62. The van der Waals surface area contributed by atoms with E-state index >= 15 is 0 Å². The van der Waals surface area contributed by atoms with E-state index in [0.29, 0.717) is 6.42 Å². The van der Waals surface area contributed by atoms with E-state index in [4.69, 9.17) is 0 Å². The molecule has 0 aromatic rings. The number of aliphatic hydroxyl groups excluding tert-OH is 1. The van der Waals surface area contributed by atoms with Gasteiger partial charge in [0.25, 0.3) is 0 Å². The van der Waals surface area contributed by atoms with Crippen molar-refractivity contribution in [2.75, 3.05) is 0 Å². The highest BCUT2D eigenvalue weighted by Gasteiger charge is 2.22. The first-order valence-corrected chi connectivity index (χ1v) is 4.88. The van der Waals surface area contributed by atoms with Gasteiger partial charge in [0.1, 0.15) is 6.10 Å². The lowest BCUT2D eigenvalue weighted by Gasteiger charge is -2.18. The number of carbonyl (C=O) groups is 1. The summed E-state index contributed by atoms with van der Waals surface area (Å²) in [4.78, 5) is 11.4. The van der Waals surface area contributed by atoms with Gasteiger partial charge in [-0.2, -0.15) is 0 Å². The Balaban J connectivity index is 4.14. The molecule has 0 aromatic carbocycles. The molecule has 0 rings (SSSR count). The quantitative estimate of drug-likeness (QED) is 0.643. The minimum absolute atomic E-state index is 0.0961. The molecule has 0 spiro atoms. The SMILES string of the molecule is C=C(C)CC(=O)C(O)C(CC)CC. The molecule has 13 heavy (non-hydrogen) atoms. The number of hydrogen-bond donors (Lipinski definition) is 1. The highest BCUT2D eigenvalue weighted by molar-refractivity contribution is 5.85. The molecule has 76 valence electrons. The largest absolute Gasteiger partial charge is 0.385 e. The van der Waals surface area contributed by atoms with Crippen molar-refractivity contribution in [1.29, 1.82) is 0 Å². The Kier molecular flexibility index (Phi) is 5.63. The first-order valence-electron chi connectivity index (χ1n) is 4.88. The van der Waals surface area contributed by atoms with Crippen molar-refractivity contribution >= 4 is 5.78 Å². The molecule has 0 aliphatic carbocycles. The summed E-state index contributed by atoms with van der Waals surface area (Å²) in [6, 6.07) is 0. The fraction of sp³-hybridized carbons (Fsp3) is 0.727. The van der Waals surface area contributed by atoms with Crippen LogP contribution >= 0.6 is 0 Å². The fourth-order valence-corrected chi connectivity index (χ4v) is 1.40. The average Bonchev–Trinajstić information content (AvgIpc) is 2.05. The molecular formula is C11H20O2. The molecule has 0 fully saturated rings. The fourth-order valence-electron chi connectivity index (χ4n) is 1.40. The van der Waals surface area contributed by atoms with E-state index in [2.05, 4.69) is 6.58 Å². The number of ketones is 1. The van der Waals surface area contributed by atoms with Gasteiger partial charge in [0.05, 0.1) is 0 Å². The predicted molar refractivity (Wildman–Crippen MR) is 54.5 cm³/mol. The van der Waals surface area contributed by atoms with Crippen LogP contribution in [-0.4, -0.2) is 17.0 Å². The topological polar surface area (TPSA) is 37.3 Å². The zero-order valence-corrected chi connectivity index (χ0v) is 8.84. The first kappa shape index (κ1) is 12.4. The van der Waals surface area contributed by atoms with Crippen LogP contribution in [0, 0.1) is 5.92 Å². The Hall–Kier alpha value is -0.630. The van der Waals surface area contributed by atoms with Crippen LogP contribution in [0.25, 0.3) is 0 Å². The first-order chi connectivity index (χ1) is 6.02. The van der Waals surface area contributed by atoms with Gasteiger partial charge in [0.15, 0.2) is 5.78 Å². The second kappa shape index (κ2) is 5.92. The molecule has 1 atom stereocenters. The summed E-state index contributed by atoms with van der Waals surface area (Å²) < 4.78 is 0. The highest BCUT2D eigenvalue weighted by Crippen LogP contribution is 2.16. The Bertz CT molecular complexity index is 181. The molecule has 0 aliphatic heterocycles. The van der Waals surface area contributed by atoms with Crippen molar-refractivity contribution in [3.8, 4) is 0 Å². The molecule has 0 saturated carbocycles.